The smallest absolute Gasteiger partial charge is 0.263 e. The molecule has 0 bridgehead atoms. The third kappa shape index (κ3) is 4.11. The number of ether oxygens (including phenoxy) is 1. The summed E-state index contributed by atoms with van der Waals surface area (Å²) in [5.41, 5.74) is 3.29. The van der Waals surface area contributed by atoms with Crippen molar-refractivity contribution in [2.24, 2.45) is 0 Å². The Balaban J connectivity index is 1.61. The van der Waals surface area contributed by atoms with Crippen molar-refractivity contribution in [3.8, 4) is 16.9 Å². The summed E-state index contributed by atoms with van der Waals surface area (Å²) in [6, 6.07) is 15.1. The molecule has 0 fully saturated rings. The molecule has 0 atom stereocenters. The maximum absolute atomic E-state index is 13.1. The van der Waals surface area contributed by atoms with E-state index < -0.39 is 0 Å². The second-order valence-electron chi connectivity index (χ2n) is 6.88. The number of nitrogens with one attached hydrogen (secondary N) is 1. The third-order valence-electron chi connectivity index (χ3n) is 4.69. The fourth-order valence-corrected chi connectivity index (χ4v) is 4.09. The van der Waals surface area contributed by atoms with Gasteiger partial charge in [0.25, 0.3) is 5.56 Å². The Morgan fingerprint density at radius 2 is 1.87 bits per heavy atom. The van der Waals surface area contributed by atoms with E-state index in [9.17, 15) is 9.59 Å². The van der Waals surface area contributed by atoms with Crippen LogP contribution in [0.2, 0.25) is 0 Å². The number of fused-ring (bicyclic) bond motifs is 1. The first-order chi connectivity index (χ1) is 14.5. The van der Waals surface area contributed by atoms with E-state index in [0.717, 1.165) is 22.4 Å². The summed E-state index contributed by atoms with van der Waals surface area (Å²) >= 11 is 1.41. The summed E-state index contributed by atoms with van der Waals surface area (Å²) in [4.78, 5) is 30.6. The molecular formula is C23H21N3O3S. The highest BCUT2D eigenvalue weighted by Gasteiger charge is 2.15. The number of nitrogens with zero attached hydrogens (tertiary/aromatic N) is 2. The van der Waals surface area contributed by atoms with Gasteiger partial charge in [-0.2, -0.15) is 0 Å². The predicted molar refractivity (Wildman–Crippen MR) is 120 cm³/mol. The number of amides is 1. The zero-order chi connectivity index (χ0) is 21.1. The van der Waals surface area contributed by atoms with Gasteiger partial charge in [0.2, 0.25) is 5.91 Å². The summed E-state index contributed by atoms with van der Waals surface area (Å²) in [7, 11) is 0. The van der Waals surface area contributed by atoms with Gasteiger partial charge < -0.3 is 10.1 Å². The maximum Gasteiger partial charge on any atom is 0.263 e. The monoisotopic (exact) mass is 419 g/mol. The second-order valence-corrected chi connectivity index (χ2v) is 7.74. The number of benzene rings is 2. The zero-order valence-corrected chi connectivity index (χ0v) is 17.5. The van der Waals surface area contributed by atoms with Crippen molar-refractivity contribution in [1.29, 1.82) is 0 Å². The van der Waals surface area contributed by atoms with Crippen molar-refractivity contribution in [2.75, 3.05) is 11.9 Å². The molecule has 7 heteroatoms. The van der Waals surface area contributed by atoms with Crippen LogP contribution in [-0.4, -0.2) is 22.1 Å². The van der Waals surface area contributed by atoms with Crippen molar-refractivity contribution in [1.82, 2.24) is 9.55 Å². The van der Waals surface area contributed by atoms with Crippen molar-refractivity contribution in [3.05, 3.63) is 76.2 Å². The van der Waals surface area contributed by atoms with Gasteiger partial charge in [-0.05, 0) is 43.7 Å². The Morgan fingerprint density at radius 3 is 2.57 bits per heavy atom. The number of hydrogen-bond donors (Lipinski definition) is 1. The second kappa shape index (κ2) is 8.51. The van der Waals surface area contributed by atoms with Gasteiger partial charge in [0.15, 0.2) is 0 Å². The lowest BCUT2D eigenvalue weighted by atomic mass is 10.1. The molecule has 0 aliphatic rings. The van der Waals surface area contributed by atoms with Crippen molar-refractivity contribution in [3.63, 3.8) is 0 Å². The molecule has 2 heterocycles. The predicted octanol–water partition coefficient (Wildman–Crippen LogP) is 4.47. The number of aromatic nitrogens is 2. The quantitative estimate of drug-likeness (QED) is 0.500. The molecule has 0 unspecified atom stereocenters. The summed E-state index contributed by atoms with van der Waals surface area (Å²) in [6.07, 6.45) is 1.43. The summed E-state index contributed by atoms with van der Waals surface area (Å²) in [5.74, 6) is 0.504. The average Bonchev–Trinajstić information content (AvgIpc) is 3.18. The first-order valence-corrected chi connectivity index (χ1v) is 10.5. The molecule has 1 amide bonds. The van der Waals surface area contributed by atoms with Crippen molar-refractivity contribution >= 4 is 33.1 Å². The fraction of sp³-hybridized carbons (Fsp3) is 0.174. The first kappa shape index (κ1) is 19.8. The Labute approximate surface area is 177 Å². The molecule has 0 radical (unpaired) electrons. The van der Waals surface area contributed by atoms with E-state index in [1.807, 2.05) is 67.8 Å². The Hall–Kier alpha value is -3.45. The average molecular weight is 420 g/mol. The van der Waals surface area contributed by atoms with E-state index >= 15 is 0 Å². The van der Waals surface area contributed by atoms with E-state index in [0.29, 0.717) is 22.5 Å². The largest absolute Gasteiger partial charge is 0.494 e. The molecule has 0 spiro atoms. The summed E-state index contributed by atoms with van der Waals surface area (Å²) in [6.45, 7) is 4.41. The number of aryl methyl sites for hydroxylation is 1. The SMILES string of the molecule is CCOc1ccc(-c2csc3ncn(CC(=O)Nc4ccc(C)cc4)c(=O)c23)cc1. The maximum atomic E-state index is 13.1. The molecule has 0 saturated heterocycles. The lowest BCUT2D eigenvalue weighted by Crippen LogP contribution is -2.27. The van der Waals surface area contributed by atoms with E-state index in [4.69, 9.17) is 4.74 Å². The zero-order valence-electron chi connectivity index (χ0n) is 16.7. The Kier molecular flexibility index (Phi) is 5.63. The van der Waals surface area contributed by atoms with Crippen LogP contribution in [0.1, 0.15) is 12.5 Å². The molecule has 2 aromatic heterocycles. The molecule has 1 N–H and O–H groups in total. The lowest BCUT2D eigenvalue weighted by molar-refractivity contribution is -0.116. The molecule has 6 nitrogen and oxygen atoms in total. The van der Waals surface area contributed by atoms with Gasteiger partial charge in [0.1, 0.15) is 17.1 Å². The van der Waals surface area contributed by atoms with Gasteiger partial charge >= 0.3 is 0 Å². The molecule has 0 aliphatic heterocycles. The van der Waals surface area contributed by atoms with Crippen LogP contribution in [0.3, 0.4) is 0 Å². The number of hydrogen-bond acceptors (Lipinski definition) is 5. The number of carbonyl (C=O) groups is 1. The topological polar surface area (TPSA) is 73.2 Å². The molecule has 2 aromatic carbocycles. The highest BCUT2D eigenvalue weighted by Crippen LogP contribution is 2.31. The minimum Gasteiger partial charge on any atom is -0.494 e. The van der Waals surface area contributed by atoms with E-state index in [1.54, 1.807) is 0 Å². The van der Waals surface area contributed by atoms with Crippen LogP contribution < -0.4 is 15.6 Å². The van der Waals surface area contributed by atoms with Crippen LogP contribution >= 0.6 is 11.3 Å². The third-order valence-corrected chi connectivity index (χ3v) is 5.57. The Morgan fingerprint density at radius 1 is 1.13 bits per heavy atom. The minimum absolute atomic E-state index is 0.103. The van der Waals surface area contributed by atoms with Gasteiger partial charge in [0, 0.05) is 16.6 Å². The standard InChI is InChI=1S/C23H21N3O3S/c1-3-29-18-10-6-16(7-11-18)19-13-30-22-21(19)23(28)26(14-24-22)12-20(27)25-17-8-4-15(2)5-9-17/h4-11,13-14H,3,12H2,1-2H3,(H,25,27). The van der Waals surface area contributed by atoms with Gasteiger partial charge in [-0.15, -0.1) is 11.3 Å². The number of anilines is 1. The molecular weight excluding hydrogens is 398 g/mol. The summed E-state index contributed by atoms with van der Waals surface area (Å²) < 4.78 is 6.83. The van der Waals surface area contributed by atoms with Crippen LogP contribution in [0.25, 0.3) is 21.3 Å². The highest BCUT2D eigenvalue weighted by molar-refractivity contribution is 7.17. The molecule has 30 heavy (non-hydrogen) atoms. The van der Waals surface area contributed by atoms with Crippen molar-refractivity contribution in [2.45, 2.75) is 20.4 Å². The molecule has 4 aromatic rings. The van der Waals surface area contributed by atoms with Gasteiger partial charge in [-0.3, -0.25) is 14.2 Å². The minimum atomic E-state index is -0.278. The van der Waals surface area contributed by atoms with Crippen molar-refractivity contribution < 1.29 is 9.53 Å². The van der Waals surface area contributed by atoms with Gasteiger partial charge in [0.05, 0.1) is 18.3 Å². The molecule has 152 valence electrons. The molecule has 0 saturated carbocycles. The summed E-state index contributed by atoms with van der Waals surface area (Å²) in [5, 5.41) is 5.26. The molecule has 4 rings (SSSR count). The number of rotatable bonds is 6. The first-order valence-electron chi connectivity index (χ1n) is 9.61. The fourth-order valence-electron chi connectivity index (χ4n) is 3.18. The van der Waals surface area contributed by atoms with Gasteiger partial charge in [-0.1, -0.05) is 29.8 Å². The molecule has 0 aliphatic carbocycles. The van der Waals surface area contributed by atoms with E-state index in [1.165, 1.54) is 22.2 Å². The lowest BCUT2D eigenvalue weighted by Gasteiger charge is -2.08. The van der Waals surface area contributed by atoms with Crippen LogP contribution in [0.15, 0.2) is 65.0 Å². The van der Waals surface area contributed by atoms with Gasteiger partial charge in [-0.25, -0.2) is 4.98 Å². The normalized spacial score (nSPS) is 10.9. The number of thiophene rings is 1. The van der Waals surface area contributed by atoms with Crippen LogP contribution in [-0.2, 0) is 11.3 Å². The highest BCUT2D eigenvalue weighted by atomic mass is 32.1. The number of carbonyl (C=O) groups excluding carboxylic acids is 1. The van der Waals surface area contributed by atoms with E-state index in [-0.39, 0.29) is 18.0 Å². The van der Waals surface area contributed by atoms with Crippen LogP contribution in [0.4, 0.5) is 5.69 Å². The van der Waals surface area contributed by atoms with Crippen LogP contribution in [0.5, 0.6) is 5.75 Å². The Bertz CT molecular complexity index is 1240. The van der Waals surface area contributed by atoms with Crippen LogP contribution in [0, 0.1) is 6.92 Å². The van der Waals surface area contributed by atoms with E-state index in [2.05, 4.69) is 10.3 Å².